The van der Waals surface area contributed by atoms with Crippen LogP contribution in [0.5, 0.6) is 0 Å². The van der Waals surface area contributed by atoms with Crippen LogP contribution in [0.4, 0.5) is 10.1 Å². The molecule has 2 aliphatic rings. The normalized spacial score (nSPS) is 20.3. The molecular formula is C23H19FN2O2. The molecule has 0 saturated heterocycles. The van der Waals surface area contributed by atoms with E-state index in [0.29, 0.717) is 12.3 Å². The molecule has 0 unspecified atom stereocenters. The van der Waals surface area contributed by atoms with Crippen molar-refractivity contribution in [3.8, 4) is 0 Å². The molecule has 3 aromatic rings. The first-order valence-corrected chi connectivity index (χ1v) is 9.18. The molecule has 1 aromatic heterocycles. The number of nitrogens with zero attached hydrogens (tertiary/aromatic N) is 1. The molecule has 4 nitrogen and oxygen atoms in total. The molecule has 5 heteroatoms. The van der Waals surface area contributed by atoms with Crippen molar-refractivity contribution in [3.63, 3.8) is 0 Å². The maximum Gasteiger partial charge on any atom is 0.129 e. The van der Waals surface area contributed by atoms with Gasteiger partial charge in [0.2, 0.25) is 0 Å². The molecule has 0 radical (unpaired) electrons. The molecule has 0 amide bonds. The summed E-state index contributed by atoms with van der Waals surface area (Å²) >= 11 is 0. The number of halogens is 1. The van der Waals surface area contributed by atoms with Gasteiger partial charge in [0.15, 0.2) is 0 Å². The lowest BCUT2D eigenvalue weighted by Gasteiger charge is -2.26. The first-order chi connectivity index (χ1) is 13.5. The minimum Gasteiger partial charge on any atom is -0.483 e. The average molecular weight is 374 g/mol. The van der Waals surface area contributed by atoms with E-state index in [-0.39, 0.29) is 5.82 Å². The highest BCUT2D eigenvalue weighted by Crippen LogP contribution is 2.43. The summed E-state index contributed by atoms with van der Waals surface area (Å²) in [6.45, 7) is 4.44. The van der Waals surface area contributed by atoms with Gasteiger partial charge in [-0.15, -0.1) is 0 Å². The quantitative estimate of drug-likeness (QED) is 0.625. The van der Waals surface area contributed by atoms with Crippen LogP contribution < -0.4 is 5.48 Å². The molecule has 0 bridgehead atoms. The summed E-state index contributed by atoms with van der Waals surface area (Å²) in [5, 5.41) is 1.09. The molecule has 0 fully saturated rings. The Kier molecular flexibility index (Phi) is 3.74. The first-order valence-electron chi connectivity index (χ1n) is 9.18. The van der Waals surface area contributed by atoms with E-state index in [1.807, 2.05) is 26.0 Å². The number of hydrogen-bond acceptors (Lipinski definition) is 4. The van der Waals surface area contributed by atoms with Crippen LogP contribution in [0.25, 0.3) is 22.0 Å². The number of fused-ring (bicyclic) bond motifs is 2. The van der Waals surface area contributed by atoms with Crippen LogP contribution in [0, 0.1) is 5.82 Å². The fourth-order valence-electron chi connectivity index (χ4n) is 3.82. The van der Waals surface area contributed by atoms with E-state index in [2.05, 4.69) is 34.7 Å². The second-order valence-electron chi connectivity index (χ2n) is 7.50. The Bertz CT molecular complexity index is 1160. The van der Waals surface area contributed by atoms with Gasteiger partial charge in [0.25, 0.3) is 0 Å². The monoisotopic (exact) mass is 374 g/mol. The standard InChI is InChI=1S/C23H19FN2O2/c1-23(2)19(14-5-8-20-15(10-14)4-3-9-25-20)12-22(28-23)18-13-27-26-21-11-16(24)6-7-17(18)21/h3-12,26H,13H2,1-2H3/b22-18-. The maximum absolute atomic E-state index is 13.6. The second kappa shape index (κ2) is 6.17. The summed E-state index contributed by atoms with van der Waals surface area (Å²) < 4.78 is 19.9. The zero-order valence-electron chi connectivity index (χ0n) is 15.6. The lowest BCUT2D eigenvalue weighted by molar-refractivity contribution is 0.109. The van der Waals surface area contributed by atoms with E-state index in [4.69, 9.17) is 9.57 Å². The zero-order valence-corrected chi connectivity index (χ0v) is 15.6. The molecule has 5 rings (SSSR count). The van der Waals surface area contributed by atoms with Gasteiger partial charge >= 0.3 is 0 Å². The maximum atomic E-state index is 13.6. The highest BCUT2D eigenvalue weighted by atomic mass is 19.1. The van der Waals surface area contributed by atoms with E-state index >= 15 is 0 Å². The van der Waals surface area contributed by atoms with Crippen molar-refractivity contribution in [2.75, 3.05) is 12.1 Å². The van der Waals surface area contributed by atoms with Crippen LogP contribution in [-0.2, 0) is 9.57 Å². The topological polar surface area (TPSA) is 43.4 Å². The van der Waals surface area contributed by atoms with Crippen molar-refractivity contribution < 1.29 is 14.0 Å². The molecular weight excluding hydrogens is 355 g/mol. The predicted molar refractivity (Wildman–Crippen MR) is 108 cm³/mol. The van der Waals surface area contributed by atoms with Crippen LogP contribution in [0.2, 0.25) is 0 Å². The smallest absolute Gasteiger partial charge is 0.129 e. The summed E-state index contributed by atoms with van der Waals surface area (Å²) in [6.07, 6.45) is 3.86. The molecule has 0 spiro atoms. The number of nitrogens with one attached hydrogen (secondary N) is 1. The van der Waals surface area contributed by atoms with Crippen LogP contribution in [0.15, 0.2) is 66.6 Å². The number of rotatable bonds is 1. The fourth-order valence-corrected chi connectivity index (χ4v) is 3.82. The lowest BCUT2D eigenvalue weighted by atomic mass is 9.91. The van der Waals surface area contributed by atoms with Gasteiger partial charge < -0.3 is 4.74 Å². The Morgan fingerprint density at radius 2 is 2.00 bits per heavy atom. The minimum absolute atomic E-state index is 0.310. The van der Waals surface area contributed by atoms with Gasteiger partial charge in [0.1, 0.15) is 23.8 Å². The number of aromatic nitrogens is 1. The van der Waals surface area contributed by atoms with Crippen LogP contribution in [0.1, 0.15) is 25.0 Å². The number of allylic oxidation sites excluding steroid dienone is 1. The minimum atomic E-state index is -0.497. The van der Waals surface area contributed by atoms with Gasteiger partial charge in [0.05, 0.1) is 11.2 Å². The number of anilines is 1. The number of benzene rings is 2. The predicted octanol–water partition coefficient (Wildman–Crippen LogP) is 5.33. The van der Waals surface area contributed by atoms with Crippen molar-refractivity contribution in [2.45, 2.75) is 19.4 Å². The van der Waals surface area contributed by atoms with Crippen molar-refractivity contribution >= 4 is 27.7 Å². The summed E-state index contributed by atoms with van der Waals surface area (Å²) in [5.41, 5.74) is 7.82. The lowest BCUT2D eigenvalue weighted by Crippen LogP contribution is -2.22. The van der Waals surface area contributed by atoms with Crippen molar-refractivity contribution in [1.29, 1.82) is 0 Å². The largest absolute Gasteiger partial charge is 0.483 e. The van der Waals surface area contributed by atoms with Gasteiger partial charge in [-0.2, -0.15) is 0 Å². The molecule has 2 aliphatic heterocycles. The van der Waals surface area contributed by atoms with Crippen LogP contribution in [-0.4, -0.2) is 17.2 Å². The van der Waals surface area contributed by atoms with Gasteiger partial charge in [-0.3, -0.25) is 15.3 Å². The van der Waals surface area contributed by atoms with E-state index in [9.17, 15) is 4.39 Å². The molecule has 28 heavy (non-hydrogen) atoms. The first kappa shape index (κ1) is 17.0. The highest BCUT2D eigenvalue weighted by Gasteiger charge is 2.35. The molecule has 140 valence electrons. The van der Waals surface area contributed by atoms with Gasteiger partial charge in [-0.25, -0.2) is 4.39 Å². The number of hydrogen-bond donors (Lipinski definition) is 1. The summed E-state index contributed by atoms with van der Waals surface area (Å²) in [4.78, 5) is 9.84. The van der Waals surface area contributed by atoms with Gasteiger partial charge in [0, 0.05) is 28.3 Å². The van der Waals surface area contributed by atoms with E-state index in [1.165, 1.54) is 12.1 Å². The number of pyridine rings is 1. The molecule has 0 aliphatic carbocycles. The summed E-state index contributed by atoms with van der Waals surface area (Å²) in [6, 6.07) is 14.9. The second-order valence-corrected chi connectivity index (χ2v) is 7.50. The fraction of sp³-hybridized carbons (Fsp3) is 0.174. The Morgan fingerprint density at radius 1 is 1.11 bits per heavy atom. The number of ether oxygens (including phenoxy) is 1. The Balaban J connectivity index is 1.64. The Labute approximate surface area is 162 Å². The zero-order chi connectivity index (χ0) is 19.3. The van der Waals surface area contributed by atoms with Gasteiger partial charge in [-0.05, 0) is 61.9 Å². The molecule has 0 saturated carbocycles. The van der Waals surface area contributed by atoms with Crippen molar-refractivity contribution in [1.82, 2.24) is 4.98 Å². The third kappa shape index (κ3) is 2.75. The average Bonchev–Trinajstić information content (AvgIpc) is 3.02. The van der Waals surface area contributed by atoms with Crippen molar-refractivity contribution in [3.05, 3.63) is 83.5 Å². The van der Waals surface area contributed by atoms with Gasteiger partial charge in [-0.1, -0.05) is 12.1 Å². The Hall–Kier alpha value is -3.18. The summed E-state index contributed by atoms with van der Waals surface area (Å²) in [5.74, 6) is 0.440. The highest BCUT2D eigenvalue weighted by molar-refractivity contribution is 5.89. The molecule has 0 atom stereocenters. The van der Waals surface area contributed by atoms with E-state index in [0.717, 1.165) is 38.9 Å². The van der Waals surface area contributed by atoms with E-state index < -0.39 is 5.60 Å². The van der Waals surface area contributed by atoms with Crippen LogP contribution in [0.3, 0.4) is 0 Å². The SMILES string of the molecule is CC1(C)O/C(=C2/CONc3cc(F)ccc32)C=C1c1ccc2ncccc2c1. The van der Waals surface area contributed by atoms with Crippen molar-refractivity contribution in [2.24, 2.45) is 0 Å². The van der Waals surface area contributed by atoms with E-state index in [1.54, 1.807) is 12.3 Å². The summed E-state index contributed by atoms with van der Waals surface area (Å²) in [7, 11) is 0. The Morgan fingerprint density at radius 3 is 2.89 bits per heavy atom. The molecule has 2 aromatic carbocycles. The third-order valence-electron chi connectivity index (χ3n) is 5.21. The molecule has 1 N–H and O–H groups in total. The van der Waals surface area contributed by atoms with Crippen LogP contribution >= 0.6 is 0 Å². The molecule has 3 heterocycles. The third-order valence-corrected chi connectivity index (χ3v) is 5.21.